The molecular formula is C18H22N2OS. The van der Waals surface area contributed by atoms with Crippen LogP contribution in [-0.2, 0) is 5.41 Å². The van der Waals surface area contributed by atoms with E-state index in [1.807, 2.05) is 12.1 Å². The van der Waals surface area contributed by atoms with Gasteiger partial charge in [-0.25, -0.2) is 4.31 Å². The Kier molecular flexibility index (Phi) is 4.17. The van der Waals surface area contributed by atoms with Gasteiger partial charge in [0.05, 0.1) is 13.3 Å². The summed E-state index contributed by atoms with van der Waals surface area (Å²) in [6, 6.07) is 16.7. The zero-order valence-electron chi connectivity index (χ0n) is 13.2. The molecule has 2 aromatic carbocycles. The molecule has 22 heavy (non-hydrogen) atoms. The lowest BCUT2D eigenvalue weighted by molar-refractivity contribution is 0.299. The smallest absolute Gasteiger partial charge is 0.126 e. The molecule has 3 nitrogen and oxygen atoms in total. The Labute approximate surface area is 136 Å². The molecule has 1 atom stereocenters. The van der Waals surface area contributed by atoms with Crippen molar-refractivity contribution in [3.8, 4) is 5.75 Å². The summed E-state index contributed by atoms with van der Waals surface area (Å²) >= 11 is 1.72. The van der Waals surface area contributed by atoms with E-state index in [1.54, 1.807) is 19.1 Å². The van der Waals surface area contributed by atoms with Crippen LogP contribution in [0.25, 0.3) is 0 Å². The third-order valence-electron chi connectivity index (χ3n) is 4.17. The van der Waals surface area contributed by atoms with Crippen molar-refractivity contribution < 1.29 is 4.74 Å². The number of nitrogens with two attached hydrogens (primary N) is 1. The molecule has 4 heteroatoms. The topological polar surface area (TPSA) is 38.5 Å². The van der Waals surface area contributed by atoms with Gasteiger partial charge in [0.1, 0.15) is 5.75 Å². The first-order valence-electron chi connectivity index (χ1n) is 7.45. The van der Waals surface area contributed by atoms with Gasteiger partial charge in [-0.2, -0.15) is 0 Å². The zero-order valence-corrected chi connectivity index (χ0v) is 14.1. The quantitative estimate of drug-likeness (QED) is 0.867. The lowest BCUT2D eigenvalue weighted by Crippen LogP contribution is -2.36. The van der Waals surface area contributed by atoms with Crippen molar-refractivity contribution in [2.75, 3.05) is 13.7 Å². The van der Waals surface area contributed by atoms with Crippen molar-refractivity contribution in [2.45, 2.75) is 30.3 Å². The Balaban J connectivity index is 1.84. The fourth-order valence-corrected chi connectivity index (χ4v) is 4.22. The van der Waals surface area contributed by atoms with Crippen LogP contribution >= 0.6 is 11.9 Å². The molecule has 1 aliphatic rings. The largest absolute Gasteiger partial charge is 0.496 e. The lowest BCUT2D eigenvalue weighted by atomic mass is 9.84. The zero-order chi connectivity index (χ0) is 15.7. The molecule has 3 rings (SSSR count). The Morgan fingerprint density at radius 1 is 1.14 bits per heavy atom. The summed E-state index contributed by atoms with van der Waals surface area (Å²) in [5, 5.41) is 0. The highest BCUT2D eigenvalue weighted by Gasteiger charge is 2.35. The molecule has 1 aliphatic heterocycles. The molecule has 0 amide bonds. The molecule has 0 saturated carbocycles. The standard InChI is InChI=1S/C18H22N2OS/c1-18(2,13-8-5-4-6-9-13)12-20-17(19)16-14(21-3)10-7-11-15(16)22-20/h4-11,17H,12,19H2,1-3H3. The minimum absolute atomic E-state index is 0.0289. The molecule has 1 heterocycles. The number of fused-ring (bicyclic) bond motifs is 1. The Bertz CT molecular complexity index is 657. The molecule has 0 aromatic heterocycles. The van der Waals surface area contributed by atoms with Crippen molar-refractivity contribution in [3.05, 3.63) is 59.7 Å². The van der Waals surface area contributed by atoms with E-state index in [9.17, 15) is 0 Å². The Hall–Kier alpha value is -1.49. The van der Waals surface area contributed by atoms with Crippen LogP contribution in [0.15, 0.2) is 53.4 Å². The summed E-state index contributed by atoms with van der Waals surface area (Å²) in [6.45, 7) is 5.40. The minimum atomic E-state index is -0.140. The van der Waals surface area contributed by atoms with E-state index in [2.05, 4.69) is 54.6 Å². The maximum atomic E-state index is 6.48. The fraction of sp³-hybridized carbons (Fsp3) is 0.333. The summed E-state index contributed by atoms with van der Waals surface area (Å²) in [6.07, 6.45) is -0.140. The molecule has 0 fully saturated rings. The van der Waals surface area contributed by atoms with Gasteiger partial charge in [0.2, 0.25) is 0 Å². The minimum Gasteiger partial charge on any atom is -0.496 e. The molecule has 0 aliphatic carbocycles. The van der Waals surface area contributed by atoms with Gasteiger partial charge in [-0.05, 0) is 29.6 Å². The van der Waals surface area contributed by atoms with Crippen LogP contribution in [0.2, 0.25) is 0 Å². The van der Waals surface area contributed by atoms with Gasteiger partial charge >= 0.3 is 0 Å². The van der Waals surface area contributed by atoms with Crippen LogP contribution in [0.1, 0.15) is 31.1 Å². The number of methoxy groups -OCH3 is 1. The predicted octanol–water partition coefficient (Wildman–Crippen LogP) is 3.95. The van der Waals surface area contributed by atoms with E-state index in [1.165, 1.54) is 10.5 Å². The van der Waals surface area contributed by atoms with Crippen molar-refractivity contribution in [1.29, 1.82) is 0 Å². The van der Waals surface area contributed by atoms with Gasteiger partial charge in [0.15, 0.2) is 0 Å². The average Bonchev–Trinajstić information content (AvgIpc) is 2.84. The first kappa shape index (κ1) is 15.4. The number of rotatable bonds is 4. The van der Waals surface area contributed by atoms with Crippen LogP contribution < -0.4 is 10.5 Å². The monoisotopic (exact) mass is 314 g/mol. The lowest BCUT2D eigenvalue weighted by Gasteiger charge is -2.32. The van der Waals surface area contributed by atoms with Crippen LogP contribution in [0.3, 0.4) is 0 Å². The van der Waals surface area contributed by atoms with E-state index >= 15 is 0 Å². The average molecular weight is 314 g/mol. The molecule has 0 bridgehead atoms. The maximum Gasteiger partial charge on any atom is 0.126 e. The SMILES string of the molecule is COc1cccc2c1C(N)N(CC(C)(C)c1ccccc1)S2. The second kappa shape index (κ2) is 5.95. The van der Waals surface area contributed by atoms with Gasteiger partial charge in [-0.15, -0.1) is 0 Å². The second-order valence-corrected chi connectivity index (χ2v) is 7.32. The Morgan fingerprint density at radius 3 is 2.55 bits per heavy atom. The number of hydrogen-bond acceptors (Lipinski definition) is 4. The van der Waals surface area contributed by atoms with E-state index in [0.717, 1.165) is 17.9 Å². The van der Waals surface area contributed by atoms with Crippen LogP contribution in [-0.4, -0.2) is 18.0 Å². The first-order chi connectivity index (χ1) is 10.5. The number of benzene rings is 2. The normalized spacial score (nSPS) is 18.3. The summed E-state index contributed by atoms with van der Waals surface area (Å²) in [7, 11) is 1.70. The molecule has 2 aromatic rings. The van der Waals surface area contributed by atoms with E-state index in [4.69, 9.17) is 10.5 Å². The van der Waals surface area contributed by atoms with E-state index in [0.29, 0.717) is 0 Å². The molecule has 1 unspecified atom stereocenters. The first-order valence-corrected chi connectivity index (χ1v) is 8.23. The van der Waals surface area contributed by atoms with Crippen LogP contribution in [0, 0.1) is 0 Å². The van der Waals surface area contributed by atoms with Crippen molar-refractivity contribution >= 4 is 11.9 Å². The van der Waals surface area contributed by atoms with Gasteiger partial charge in [-0.3, -0.25) is 0 Å². The highest BCUT2D eigenvalue weighted by Crippen LogP contribution is 2.47. The Morgan fingerprint density at radius 2 is 1.86 bits per heavy atom. The third kappa shape index (κ3) is 2.74. The van der Waals surface area contributed by atoms with Gasteiger partial charge < -0.3 is 10.5 Å². The van der Waals surface area contributed by atoms with Crippen LogP contribution in [0.4, 0.5) is 0 Å². The molecule has 0 radical (unpaired) electrons. The highest BCUT2D eigenvalue weighted by molar-refractivity contribution is 7.97. The molecular weight excluding hydrogens is 292 g/mol. The molecule has 0 spiro atoms. The maximum absolute atomic E-state index is 6.48. The summed E-state index contributed by atoms with van der Waals surface area (Å²) in [5.74, 6) is 0.873. The third-order valence-corrected chi connectivity index (χ3v) is 5.32. The summed E-state index contributed by atoms with van der Waals surface area (Å²) in [5.41, 5.74) is 8.93. The van der Waals surface area contributed by atoms with Gasteiger partial charge in [0.25, 0.3) is 0 Å². The summed E-state index contributed by atoms with van der Waals surface area (Å²) < 4.78 is 7.72. The predicted molar refractivity (Wildman–Crippen MR) is 92.0 cm³/mol. The fourth-order valence-electron chi connectivity index (χ4n) is 2.90. The van der Waals surface area contributed by atoms with E-state index in [-0.39, 0.29) is 11.6 Å². The second-order valence-electron chi connectivity index (χ2n) is 6.23. The molecule has 0 saturated heterocycles. The van der Waals surface area contributed by atoms with E-state index < -0.39 is 0 Å². The van der Waals surface area contributed by atoms with Crippen molar-refractivity contribution in [1.82, 2.24) is 4.31 Å². The van der Waals surface area contributed by atoms with Gasteiger partial charge in [-0.1, -0.05) is 50.2 Å². The van der Waals surface area contributed by atoms with Crippen molar-refractivity contribution in [3.63, 3.8) is 0 Å². The highest BCUT2D eigenvalue weighted by atomic mass is 32.2. The van der Waals surface area contributed by atoms with Crippen molar-refractivity contribution in [2.24, 2.45) is 5.73 Å². The molecule has 116 valence electrons. The number of ether oxygens (including phenoxy) is 1. The molecule has 2 N–H and O–H groups in total. The van der Waals surface area contributed by atoms with Crippen LogP contribution in [0.5, 0.6) is 5.75 Å². The summed E-state index contributed by atoms with van der Waals surface area (Å²) in [4.78, 5) is 1.19. The number of hydrogen-bond donors (Lipinski definition) is 1. The van der Waals surface area contributed by atoms with Gasteiger partial charge in [0, 0.05) is 22.4 Å². The number of nitrogens with zero attached hydrogens (tertiary/aromatic N) is 1.